The summed E-state index contributed by atoms with van der Waals surface area (Å²) in [5.74, 6) is 0.633. The number of nitrogens with one attached hydrogen (secondary N) is 2. The molecule has 142 valence electrons. The zero-order chi connectivity index (χ0) is 19.9. The minimum absolute atomic E-state index is 0.112. The molecule has 2 N–H and O–H groups in total. The van der Waals surface area contributed by atoms with Crippen LogP contribution >= 0.6 is 11.7 Å². The summed E-state index contributed by atoms with van der Waals surface area (Å²) < 4.78 is 13.8. The van der Waals surface area contributed by atoms with Crippen LogP contribution in [-0.2, 0) is 5.41 Å². The summed E-state index contributed by atoms with van der Waals surface area (Å²) in [6.45, 7) is 5.93. The molecule has 0 atom stereocenters. The SMILES string of the molecule is CC(C)(C)c1ocnc1/C=c1\[nH]c(=O)/c(=C/c2ccc3nsnc3c2)[nH]c1=O. The third-order valence-corrected chi connectivity index (χ3v) is 4.69. The smallest absolute Gasteiger partial charge is 0.272 e. The third kappa shape index (κ3) is 3.44. The number of rotatable bonds is 2. The fourth-order valence-electron chi connectivity index (χ4n) is 2.81. The van der Waals surface area contributed by atoms with E-state index < -0.39 is 11.1 Å². The summed E-state index contributed by atoms with van der Waals surface area (Å²) in [6.07, 6.45) is 4.44. The second kappa shape index (κ2) is 6.68. The van der Waals surface area contributed by atoms with Crippen molar-refractivity contribution in [3.63, 3.8) is 0 Å². The second-order valence-corrected chi connectivity index (χ2v) is 7.88. The first kappa shape index (κ1) is 18.1. The molecular weight excluding hydrogens is 378 g/mol. The van der Waals surface area contributed by atoms with Crippen LogP contribution in [0.15, 0.2) is 38.6 Å². The Morgan fingerprint density at radius 3 is 2.39 bits per heavy atom. The van der Waals surface area contributed by atoms with E-state index in [1.807, 2.05) is 39.0 Å². The highest BCUT2D eigenvalue weighted by Gasteiger charge is 2.21. The van der Waals surface area contributed by atoms with Gasteiger partial charge in [0, 0.05) is 5.41 Å². The van der Waals surface area contributed by atoms with Gasteiger partial charge >= 0.3 is 0 Å². The van der Waals surface area contributed by atoms with Crippen molar-refractivity contribution in [2.24, 2.45) is 0 Å². The monoisotopic (exact) mass is 395 g/mol. The molecule has 0 fully saturated rings. The van der Waals surface area contributed by atoms with Crippen molar-refractivity contribution in [3.8, 4) is 0 Å². The Balaban J connectivity index is 1.82. The molecule has 0 saturated heterocycles. The fraction of sp³-hybridized carbons (Fsp3) is 0.211. The van der Waals surface area contributed by atoms with E-state index in [1.54, 1.807) is 6.08 Å². The molecule has 0 unspecified atom stereocenters. The van der Waals surface area contributed by atoms with Gasteiger partial charge in [-0.15, -0.1) is 0 Å². The first-order valence-electron chi connectivity index (χ1n) is 8.53. The van der Waals surface area contributed by atoms with Crippen LogP contribution in [0, 0.1) is 0 Å². The highest BCUT2D eigenvalue weighted by molar-refractivity contribution is 7.00. The lowest BCUT2D eigenvalue weighted by Gasteiger charge is -2.14. The number of hydrogen-bond acceptors (Lipinski definition) is 7. The highest BCUT2D eigenvalue weighted by atomic mass is 32.1. The van der Waals surface area contributed by atoms with Gasteiger partial charge in [-0.2, -0.15) is 8.75 Å². The minimum Gasteiger partial charge on any atom is -0.447 e. The molecule has 4 aromatic rings. The average Bonchev–Trinajstić information content (AvgIpc) is 3.27. The number of fused-ring (bicyclic) bond motifs is 1. The van der Waals surface area contributed by atoms with Crippen LogP contribution in [0.3, 0.4) is 0 Å². The van der Waals surface area contributed by atoms with E-state index in [0.717, 1.165) is 28.3 Å². The molecule has 0 aliphatic rings. The first-order valence-corrected chi connectivity index (χ1v) is 9.27. The summed E-state index contributed by atoms with van der Waals surface area (Å²) in [5, 5.41) is 0.265. The molecule has 0 bridgehead atoms. The van der Waals surface area contributed by atoms with Crippen molar-refractivity contribution in [2.45, 2.75) is 26.2 Å². The van der Waals surface area contributed by atoms with Crippen LogP contribution in [0.4, 0.5) is 0 Å². The van der Waals surface area contributed by atoms with E-state index >= 15 is 0 Å². The maximum absolute atomic E-state index is 12.5. The molecule has 0 radical (unpaired) electrons. The van der Waals surface area contributed by atoms with Crippen molar-refractivity contribution in [2.75, 3.05) is 0 Å². The summed E-state index contributed by atoms with van der Waals surface area (Å²) in [4.78, 5) is 34.4. The van der Waals surface area contributed by atoms with E-state index in [2.05, 4.69) is 23.7 Å². The molecule has 0 spiro atoms. The molecular formula is C19H17N5O3S. The number of oxazole rings is 1. The summed E-state index contributed by atoms with van der Waals surface area (Å²) in [7, 11) is 0. The maximum Gasteiger partial charge on any atom is 0.272 e. The molecule has 0 aliphatic carbocycles. The Kier molecular flexibility index (Phi) is 4.31. The highest BCUT2D eigenvalue weighted by Crippen LogP contribution is 2.25. The number of aromatic nitrogens is 5. The molecule has 9 heteroatoms. The van der Waals surface area contributed by atoms with E-state index in [0.29, 0.717) is 11.5 Å². The van der Waals surface area contributed by atoms with Gasteiger partial charge in [-0.3, -0.25) is 9.59 Å². The zero-order valence-corrected chi connectivity index (χ0v) is 16.3. The molecule has 3 aromatic heterocycles. The Morgan fingerprint density at radius 2 is 1.68 bits per heavy atom. The number of hydrogen-bond donors (Lipinski definition) is 2. The Morgan fingerprint density at radius 1 is 1.00 bits per heavy atom. The topological polar surface area (TPSA) is 118 Å². The molecule has 8 nitrogen and oxygen atoms in total. The first-order chi connectivity index (χ1) is 13.3. The second-order valence-electron chi connectivity index (χ2n) is 7.35. The van der Waals surface area contributed by atoms with Crippen molar-refractivity contribution in [1.29, 1.82) is 0 Å². The molecule has 0 saturated carbocycles. The lowest BCUT2D eigenvalue weighted by atomic mass is 9.92. The van der Waals surface area contributed by atoms with Crippen LogP contribution in [0.25, 0.3) is 23.2 Å². The van der Waals surface area contributed by atoms with Gasteiger partial charge in [0.1, 0.15) is 33.2 Å². The van der Waals surface area contributed by atoms with Crippen LogP contribution in [0.2, 0.25) is 0 Å². The predicted octanol–water partition coefficient (Wildman–Crippen LogP) is 1.01. The maximum atomic E-state index is 12.5. The fourth-order valence-corrected chi connectivity index (χ4v) is 3.32. The molecule has 3 heterocycles. The van der Waals surface area contributed by atoms with E-state index in [-0.39, 0.29) is 16.1 Å². The van der Waals surface area contributed by atoms with E-state index in [4.69, 9.17) is 4.42 Å². The van der Waals surface area contributed by atoms with Gasteiger partial charge in [-0.05, 0) is 29.8 Å². The number of nitrogens with zero attached hydrogens (tertiary/aromatic N) is 3. The van der Waals surface area contributed by atoms with Crippen LogP contribution in [-0.4, -0.2) is 23.7 Å². The third-order valence-electron chi connectivity index (χ3n) is 4.13. The van der Waals surface area contributed by atoms with Crippen molar-refractivity contribution >= 4 is 34.9 Å². The van der Waals surface area contributed by atoms with E-state index in [1.165, 1.54) is 12.5 Å². The average molecular weight is 395 g/mol. The van der Waals surface area contributed by atoms with Gasteiger partial charge in [-0.25, -0.2) is 4.98 Å². The van der Waals surface area contributed by atoms with Crippen molar-refractivity contribution < 1.29 is 4.42 Å². The summed E-state index contributed by atoms with van der Waals surface area (Å²) >= 11 is 1.12. The number of aromatic amines is 2. The molecule has 4 rings (SSSR count). The van der Waals surface area contributed by atoms with Gasteiger partial charge in [-0.1, -0.05) is 26.8 Å². The van der Waals surface area contributed by atoms with E-state index in [9.17, 15) is 9.59 Å². The molecule has 28 heavy (non-hydrogen) atoms. The lowest BCUT2D eigenvalue weighted by molar-refractivity contribution is 0.407. The van der Waals surface area contributed by atoms with Crippen molar-refractivity contribution in [3.05, 3.63) is 73.0 Å². The minimum atomic E-state index is -0.426. The largest absolute Gasteiger partial charge is 0.447 e. The number of benzene rings is 1. The summed E-state index contributed by atoms with van der Waals surface area (Å²) in [6, 6.07) is 5.44. The lowest BCUT2D eigenvalue weighted by Crippen LogP contribution is -2.46. The van der Waals surface area contributed by atoms with Crippen LogP contribution in [0.1, 0.15) is 37.8 Å². The van der Waals surface area contributed by atoms with Gasteiger partial charge in [0.25, 0.3) is 11.1 Å². The molecule has 0 amide bonds. The predicted molar refractivity (Wildman–Crippen MR) is 107 cm³/mol. The normalized spacial score (nSPS) is 13.5. The number of H-pyrrole nitrogens is 2. The van der Waals surface area contributed by atoms with Gasteiger partial charge in [0.2, 0.25) is 0 Å². The van der Waals surface area contributed by atoms with Gasteiger partial charge < -0.3 is 14.4 Å². The Hall–Kier alpha value is -3.33. The standard InChI is InChI=1S/C19H17N5O3S/c1-19(2,3)16-13(20-9-27-16)8-15-18(26)21-14(17(25)22-15)7-10-4-5-11-12(6-10)24-28-23-11/h4-9H,1-3H3,(H,21,26)(H,22,25)/b14-7-,15-8-. The van der Waals surface area contributed by atoms with Gasteiger partial charge in [0.15, 0.2) is 6.39 Å². The molecule has 1 aromatic carbocycles. The van der Waals surface area contributed by atoms with Crippen molar-refractivity contribution in [1.82, 2.24) is 23.7 Å². The quantitative estimate of drug-likeness (QED) is 0.523. The zero-order valence-electron chi connectivity index (χ0n) is 15.4. The Labute approximate surface area is 162 Å². The van der Waals surface area contributed by atoms with Crippen LogP contribution < -0.4 is 21.8 Å². The van der Waals surface area contributed by atoms with Gasteiger partial charge in [0.05, 0.1) is 11.7 Å². The molecule has 0 aliphatic heterocycles. The summed E-state index contributed by atoms with van der Waals surface area (Å²) in [5.41, 5.74) is 1.65. The Bertz CT molecular complexity index is 1400. The van der Waals surface area contributed by atoms with Crippen LogP contribution in [0.5, 0.6) is 0 Å².